The number of carboxylic acid groups (broad SMARTS) is 1. The summed E-state index contributed by atoms with van der Waals surface area (Å²) in [5.74, 6) is -1.08. The zero-order valence-electron chi connectivity index (χ0n) is 36.9. The summed E-state index contributed by atoms with van der Waals surface area (Å²) in [6.45, 7) is 9.90. The van der Waals surface area contributed by atoms with Crippen molar-refractivity contribution in [3.05, 3.63) is 35.9 Å². The first-order valence-corrected chi connectivity index (χ1v) is 21.8. The van der Waals surface area contributed by atoms with Crippen LogP contribution in [0.1, 0.15) is 104 Å². The number of unbranched alkanes of at least 4 members (excludes halogenated alkanes) is 1. The maximum Gasteiger partial charge on any atom is 0.326 e. The zero-order valence-corrected chi connectivity index (χ0v) is 36.9. The van der Waals surface area contributed by atoms with E-state index in [9.17, 15) is 33.9 Å². The SMILES string of the molecule is C#CCCCC(=O)N1[C@@H]2CC[C@@H](C2)[C@H]1C(=O)NC(C(=O)N(C)[C@@H]([C@@H](C)CC)[C@@H](CC(=O)N1CCCC1[C@H](OC)[C@@H](C)C(=O)NC(Cc1ccccc1)C(=O)O)OC)C(C)C. The number of likely N-dealkylation sites (tertiary alicyclic amines) is 2. The number of hydrogen-bond acceptors (Lipinski definition) is 8. The summed E-state index contributed by atoms with van der Waals surface area (Å²) in [5.41, 5.74) is 0.775. The van der Waals surface area contributed by atoms with Gasteiger partial charge in [-0.25, -0.2) is 4.79 Å². The molecular weight excluding hydrogens is 767 g/mol. The fraction of sp³-hybridized carbons (Fsp3) is 0.696. The number of likely N-dealkylation sites (N-methyl/N-ethyl adjacent to an activating group) is 1. The van der Waals surface area contributed by atoms with E-state index >= 15 is 0 Å². The molecule has 0 spiro atoms. The summed E-state index contributed by atoms with van der Waals surface area (Å²) < 4.78 is 11.9. The Kier molecular flexibility index (Phi) is 18.0. The van der Waals surface area contributed by atoms with Gasteiger partial charge in [0.1, 0.15) is 18.1 Å². The second-order valence-electron chi connectivity index (χ2n) is 17.4. The molecule has 0 aromatic heterocycles. The number of carboxylic acids is 1. The number of carbonyl (C=O) groups is 6. The number of carbonyl (C=O) groups excluding carboxylic acids is 5. The second kappa shape index (κ2) is 22.4. The number of nitrogens with one attached hydrogen (secondary N) is 2. The van der Waals surface area contributed by atoms with Crippen molar-refractivity contribution in [1.82, 2.24) is 25.3 Å². The third-order valence-corrected chi connectivity index (χ3v) is 13.2. The smallest absolute Gasteiger partial charge is 0.326 e. The predicted octanol–water partition coefficient (Wildman–Crippen LogP) is 4.04. The number of methoxy groups -OCH3 is 2. The van der Waals surface area contributed by atoms with E-state index in [-0.39, 0.29) is 66.7 Å². The molecule has 332 valence electrons. The molecule has 2 aliphatic heterocycles. The van der Waals surface area contributed by atoms with Crippen LogP contribution < -0.4 is 10.6 Å². The molecule has 14 heteroatoms. The molecule has 2 saturated heterocycles. The molecule has 5 amide bonds. The van der Waals surface area contributed by atoms with Gasteiger partial charge in [0.2, 0.25) is 29.5 Å². The van der Waals surface area contributed by atoms with Gasteiger partial charge in [-0.05, 0) is 61.8 Å². The lowest BCUT2D eigenvalue weighted by molar-refractivity contribution is -0.149. The van der Waals surface area contributed by atoms with Crippen molar-refractivity contribution >= 4 is 35.5 Å². The number of amides is 5. The molecule has 3 aliphatic rings. The van der Waals surface area contributed by atoms with Crippen molar-refractivity contribution in [2.75, 3.05) is 27.8 Å². The van der Waals surface area contributed by atoms with Gasteiger partial charge in [-0.2, -0.15) is 0 Å². The second-order valence-corrected chi connectivity index (χ2v) is 17.4. The standard InChI is InChI=1S/C46H69N5O9/c1-10-12-14-21-37(52)51-33-23-22-32(26-33)41(51)44(55)48-39(28(3)4)45(56)49(7)40(29(5)11-2)36(59-8)27-38(53)50-24-17-20-35(50)42(60-9)30(6)43(54)47-34(46(57)58)25-31-18-15-13-16-19-31/h1,13,15-16,18-19,28-30,32-36,39-42H,11-12,14,17,20-27H2,2-9H3,(H,47,54)(H,48,55)(H,57,58)/t29-,30+,32-,33+,34?,35?,36+,39?,40-,41-,42+/m0/s1. The number of ether oxygens (including phenoxy) is 2. The Morgan fingerprint density at radius 2 is 1.68 bits per heavy atom. The van der Waals surface area contributed by atoms with Gasteiger partial charge in [0.05, 0.1) is 36.6 Å². The first kappa shape index (κ1) is 48.2. The third-order valence-electron chi connectivity index (χ3n) is 13.2. The maximum absolute atomic E-state index is 14.5. The molecule has 0 radical (unpaired) electrons. The average molecular weight is 836 g/mol. The highest BCUT2D eigenvalue weighted by Gasteiger charge is 2.52. The van der Waals surface area contributed by atoms with Gasteiger partial charge in [0.15, 0.2) is 0 Å². The van der Waals surface area contributed by atoms with Crippen LogP contribution in [0.25, 0.3) is 0 Å². The summed E-state index contributed by atoms with van der Waals surface area (Å²) in [6, 6.07) is 5.44. The van der Waals surface area contributed by atoms with E-state index in [2.05, 4.69) is 16.6 Å². The van der Waals surface area contributed by atoms with E-state index < -0.39 is 60.2 Å². The van der Waals surface area contributed by atoms with Crippen LogP contribution in [-0.4, -0.2) is 132 Å². The largest absolute Gasteiger partial charge is 0.480 e. The van der Waals surface area contributed by atoms with E-state index in [0.717, 1.165) is 24.8 Å². The molecule has 11 atom stereocenters. The fourth-order valence-electron chi connectivity index (χ4n) is 9.79. The molecular formula is C46H69N5O9. The minimum Gasteiger partial charge on any atom is -0.480 e. The third kappa shape index (κ3) is 11.5. The van der Waals surface area contributed by atoms with Crippen LogP contribution in [0.3, 0.4) is 0 Å². The summed E-state index contributed by atoms with van der Waals surface area (Å²) in [5, 5.41) is 15.7. The van der Waals surface area contributed by atoms with E-state index in [1.807, 2.05) is 58.0 Å². The van der Waals surface area contributed by atoms with E-state index in [0.29, 0.717) is 38.6 Å². The number of aliphatic carboxylic acids is 1. The first-order valence-electron chi connectivity index (χ1n) is 21.8. The molecule has 2 heterocycles. The van der Waals surface area contributed by atoms with Gasteiger partial charge >= 0.3 is 5.97 Å². The summed E-state index contributed by atoms with van der Waals surface area (Å²) >= 11 is 0. The Morgan fingerprint density at radius 3 is 2.28 bits per heavy atom. The Labute approximate surface area is 356 Å². The van der Waals surface area contributed by atoms with Crippen LogP contribution in [0.5, 0.6) is 0 Å². The van der Waals surface area contributed by atoms with Crippen molar-refractivity contribution in [1.29, 1.82) is 0 Å². The Morgan fingerprint density at radius 1 is 0.983 bits per heavy atom. The Bertz CT molecular complexity index is 1680. The summed E-state index contributed by atoms with van der Waals surface area (Å²) in [4.78, 5) is 87.0. The number of terminal acetylenes is 1. The van der Waals surface area contributed by atoms with Crippen molar-refractivity contribution in [2.24, 2.45) is 23.7 Å². The van der Waals surface area contributed by atoms with Crippen LogP contribution in [0.4, 0.5) is 0 Å². The molecule has 1 saturated carbocycles. The lowest BCUT2D eigenvalue weighted by Gasteiger charge is -2.41. The van der Waals surface area contributed by atoms with Gasteiger partial charge in [-0.15, -0.1) is 12.3 Å². The van der Waals surface area contributed by atoms with Crippen molar-refractivity contribution in [3.8, 4) is 12.3 Å². The van der Waals surface area contributed by atoms with Crippen LogP contribution in [-0.2, 0) is 44.7 Å². The van der Waals surface area contributed by atoms with Crippen LogP contribution in [0, 0.1) is 36.0 Å². The summed E-state index contributed by atoms with van der Waals surface area (Å²) in [6.07, 6.45) is 9.84. The first-order chi connectivity index (χ1) is 28.6. The minimum absolute atomic E-state index is 0.0127. The quantitative estimate of drug-likeness (QED) is 0.115. The van der Waals surface area contributed by atoms with Crippen molar-refractivity contribution < 1.29 is 43.3 Å². The molecule has 14 nitrogen and oxygen atoms in total. The molecule has 3 fully saturated rings. The number of fused-ring (bicyclic) bond motifs is 2. The molecule has 2 bridgehead atoms. The molecule has 60 heavy (non-hydrogen) atoms. The molecule has 1 aliphatic carbocycles. The maximum atomic E-state index is 14.5. The van der Waals surface area contributed by atoms with Gasteiger partial charge in [0.25, 0.3) is 0 Å². The molecule has 1 aromatic rings. The highest BCUT2D eigenvalue weighted by molar-refractivity contribution is 5.93. The van der Waals surface area contributed by atoms with Crippen LogP contribution in [0.2, 0.25) is 0 Å². The number of benzene rings is 1. The molecule has 4 rings (SSSR count). The lowest BCUT2D eigenvalue weighted by atomic mass is 9.89. The monoisotopic (exact) mass is 836 g/mol. The number of rotatable bonds is 22. The van der Waals surface area contributed by atoms with E-state index in [1.165, 1.54) is 14.2 Å². The van der Waals surface area contributed by atoms with Gasteiger partial charge in [-0.1, -0.05) is 71.4 Å². The lowest BCUT2D eigenvalue weighted by Crippen LogP contribution is -2.60. The van der Waals surface area contributed by atoms with E-state index in [1.54, 1.807) is 28.7 Å². The average Bonchev–Trinajstić information content (AvgIpc) is 4.00. The fourth-order valence-corrected chi connectivity index (χ4v) is 9.79. The predicted molar refractivity (Wildman–Crippen MR) is 227 cm³/mol. The van der Waals surface area contributed by atoms with E-state index in [4.69, 9.17) is 15.9 Å². The topological polar surface area (TPSA) is 175 Å². The molecule has 3 N–H and O–H groups in total. The van der Waals surface area contributed by atoms with Gasteiger partial charge in [-0.3, -0.25) is 24.0 Å². The molecule has 1 aromatic carbocycles. The highest BCUT2D eigenvalue weighted by atomic mass is 16.5. The Hall–Kier alpha value is -4.48. The zero-order chi connectivity index (χ0) is 44.3. The van der Waals surface area contributed by atoms with Gasteiger partial charge in [0, 0.05) is 53.1 Å². The Balaban J connectivity index is 1.47. The van der Waals surface area contributed by atoms with Crippen LogP contribution >= 0.6 is 0 Å². The normalized spacial score (nSPS) is 23.2. The van der Waals surface area contributed by atoms with Crippen LogP contribution in [0.15, 0.2) is 30.3 Å². The highest BCUT2D eigenvalue weighted by Crippen LogP contribution is 2.43. The van der Waals surface area contributed by atoms with Gasteiger partial charge < -0.3 is 39.9 Å². The summed E-state index contributed by atoms with van der Waals surface area (Å²) in [7, 11) is 4.71. The minimum atomic E-state index is -1.15. The number of piperidine rings is 1. The molecule has 3 unspecified atom stereocenters. The van der Waals surface area contributed by atoms with Crippen molar-refractivity contribution in [2.45, 2.75) is 154 Å². The number of nitrogens with zero attached hydrogens (tertiary/aromatic N) is 3. The number of hydrogen-bond donors (Lipinski definition) is 3. The van der Waals surface area contributed by atoms with Crippen molar-refractivity contribution in [3.63, 3.8) is 0 Å².